The van der Waals surface area contributed by atoms with Gasteiger partial charge in [0, 0.05) is 25.7 Å². The zero-order valence-corrected chi connectivity index (χ0v) is 71.7. The van der Waals surface area contributed by atoms with Gasteiger partial charge >= 0.3 is 39.5 Å². The predicted molar refractivity (Wildman–Crippen MR) is 437 cm³/mol. The van der Waals surface area contributed by atoms with E-state index >= 15 is 0 Å². The summed E-state index contributed by atoms with van der Waals surface area (Å²) in [6.45, 7) is 12.0. The van der Waals surface area contributed by atoms with Crippen LogP contribution in [0.1, 0.15) is 459 Å². The first-order valence-corrected chi connectivity index (χ1v) is 47.8. The van der Waals surface area contributed by atoms with E-state index < -0.39 is 97.5 Å². The van der Waals surface area contributed by atoms with Crippen molar-refractivity contribution >= 4 is 39.5 Å². The summed E-state index contributed by atoms with van der Waals surface area (Å²) in [7, 11) is -9.93. The Morgan fingerprint density at radius 3 is 0.642 bits per heavy atom. The molecule has 0 bridgehead atoms. The van der Waals surface area contributed by atoms with Crippen LogP contribution >= 0.6 is 15.6 Å². The van der Waals surface area contributed by atoms with Crippen molar-refractivity contribution in [1.82, 2.24) is 0 Å². The molecule has 17 nitrogen and oxygen atoms in total. The smallest absolute Gasteiger partial charge is 0.462 e. The Bertz CT molecular complexity index is 2040. The number of aliphatic hydroxyl groups excluding tert-OH is 1. The zero-order chi connectivity index (χ0) is 77.9. The Morgan fingerprint density at radius 2 is 0.434 bits per heavy atom. The van der Waals surface area contributed by atoms with Gasteiger partial charge in [0.05, 0.1) is 26.4 Å². The van der Waals surface area contributed by atoms with Gasteiger partial charge in [-0.15, -0.1) is 0 Å². The molecule has 0 aromatic carbocycles. The van der Waals surface area contributed by atoms with Gasteiger partial charge in [-0.3, -0.25) is 37.3 Å². The molecule has 0 aliphatic carbocycles. The number of rotatable bonds is 85. The average molecular weight is 1550 g/mol. The summed E-state index contributed by atoms with van der Waals surface area (Å²) < 4.78 is 68.9. The fourth-order valence-electron chi connectivity index (χ4n) is 13.5. The van der Waals surface area contributed by atoms with Gasteiger partial charge < -0.3 is 33.8 Å². The molecule has 0 fully saturated rings. The first-order valence-electron chi connectivity index (χ1n) is 44.8. The van der Waals surface area contributed by atoms with Gasteiger partial charge in [-0.2, -0.15) is 0 Å². The van der Waals surface area contributed by atoms with E-state index in [-0.39, 0.29) is 25.7 Å². The van der Waals surface area contributed by atoms with Crippen molar-refractivity contribution in [2.24, 2.45) is 17.8 Å². The molecule has 0 rings (SSSR count). The van der Waals surface area contributed by atoms with Crippen LogP contribution in [0.2, 0.25) is 0 Å². The highest BCUT2D eigenvalue weighted by molar-refractivity contribution is 7.47. The van der Waals surface area contributed by atoms with E-state index in [1.165, 1.54) is 270 Å². The molecule has 0 spiro atoms. The second-order valence-corrected chi connectivity index (χ2v) is 35.6. The van der Waals surface area contributed by atoms with Crippen LogP contribution in [-0.4, -0.2) is 96.7 Å². The summed E-state index contributed by atoms with van der Waals surface area (Å²) in [5.74, 6) is 0.194. The molecular formula is C87H170O17P2. The summed E-state index contributed by atoms with van der Waals surface area (Å²) in [5, 5.41) is 10.7. The Morgan fingerprint density at radius 1 is 0.255 bits per heavy atom. The lowest BCUT2D eigenvalue weighted by Gasteiger charge is -2.21. The van der Waals surface area contributed by atoms with Crippen molar-refractivity contribution in [3.63, 3.8) is 0 Å². The quantitative estimate of drug-likeness (QED) is 0.0222. The average Bonchev–Trinajstić information content (AvgIpc) is 0.900. The maximum absolute atomic E-state index is 13.2. The molecule has 0 aromatic rings. The maximum atomic E-state index is 13.2. The van der Waals surface area contributed by atoms with Crippen molar-refractivity contribution < 1.29 is 80.2 Å². The molecule has 0 saturated heterocycles. The number of hydrogen-bond acceptors (Lipinski definition) is 15. The van der Waals surface area contributed by atoms with E-state index in [0.29, 0.717) is 25.7 Å². The van der Waals surface area contributed by atoms with Crippen LogP contribution in [0.15, 0.2) is 0 Å². The monoisotopic (exact) mass is 1550 g/mol. The summed E-state index contributed by atoms with van der Waals surface area (Å²) in [6.07, 6.45) is 68.3. The van der Waals surface area contributed by atoms with E-state index in [1.54, 1.807) is 0 Å². The highest BCUT2D eigenvalue weighted by Gasteiger charge is 2.30. The molecule has 630 valence electrons. The lowest BCUT2D eigenvalue weighted by molar-refractivity contribution is -0.161. The summed E-state index contributed by atoms with van der Waals surface area (Å²) in [6, 6.07) is 0. The predicted octanol–water partition coefficient (Wildman–Crippen LogP) is 26.5. The molecule has 0 amide bonds. The van der Waals surface area contributed by atoms with E-state index in [0.717, 1.165) is 108 Å². The minimum absolute atomic E-state index is 0.105. The second kappa shape index (κ2) is 77.0. The van der Waals surface area contributed by atoms with Gasteiger partial charge in [0.15, 0.2) is 12.2 Å². The van der Waals surface area contributed by atoms with Gasteiger partial charge in [-0.1, -0.05) is 408 Å². The van der Waals surface area contributed by atoms with Crippen LogP contribution in [0.25, 0.3) is 0 Å². The van der Waals surface area contributed by atoms with Crippen LogP contribution in [0.5, 0.6) is 0 Å². The Balaban J connectivity index is 5.22. The number of unbranched alkanes of at least 4 members (excludes halogenated alkanes) is 53. The van der Waals surface area contributed by atoms with Crippen LogP contribution in [0.4, 0.5) is 0 Å². The van der Waals surface area contributed by atoms with Crippen molar-refractivity contribution in [3.05, 3.63) is 0 Å². The lowest BCUT2D eigenvalue weighted by atomic mass is 10.0. The largest absolute Gasteiger partial charge is 0.472 e. The fraction of sp³-hybridized carbons (Fsp3) is 0.954. The molecule has 0 aliphatic rings. The summed E-state index contributed by atoms with van der Waals surface area (Å²) in [4.78, 5) is 73.2. The minimum Gasteiger partial charge on any atom is -0.462 e. The molecule has 0 aliphatic heterocycles. The van der Waals surface area contributed by atoms with Crippen molar-refractivity contribution in [3.8, 4) is 0 Å². The summed E-state index contributed by atoms with van der Waals surface area (Å²) in [5.41, 5.74) is 0. The van der Waals surface area contributed by atoms with Gasteiger partial charge in [0.2, 0.25) is 0 Å². The fourth-order valence-corrected chi connectivity index (χ4v) is 15.1. The number of phosphoric acid groups is 2. The molecule has 19 heteroatoms. The molecule has 0 saturated carbocycles. The third-order valence-corrected chi connectivity index (χ3v) is 22.3. The number of ether oxygens (including phenoxy) is 4. The van der Waals surface area contributed by atoms with Gasteiger partial charge in [-0.25, -0.2) is 9.13 Å². The SMILES string of the molecule is CCCCCCCCCCCCCCCCCCCCCCCC(=O)OC[C@H](COP(=O)(O)OC[C@@H](O)COP(=O)(O)OC[C@@H](COC(=O)CCCCCCCCCCCC(C)C)OC(=O)CCCCCCCCCCCC(C)C)OC(=O)CCCCCCCCCCCCCCCCCCCCC(C)C. The first-order chi connectivity index (χ1) is 51.2. The molecular weight excluding hydrogens is 1380 g/mol. The van der Waals surface area contributed by atoms with Crippen molar-refractivity contribution in [2.75, 3.05) is 39.6 Å². The first kappa shape index (κ1) is 104. The topological polar surface area (TPSA) is 237 Å². The van der Waals surface area contributed by atoms with Crippen molar-refractivity contribution in [1.29, 1.82) is 0 Å². The minimum atomic E-state index is -4.97. The van der Waals surface area contributed by atoms with Gasteiger partial charge in [0.25, 0.3) is 0 Å². The molecule has 3 N–H and O–H groups in total. The molecule has 0 aromatic heterocycles. The van der Waals surface area contributed by atoms with E-state index in [2.05, 4.69) is 48.5 Å². The number of hydrogen-bond donors (Lipinski definition) is 3. The van der Waals surface area contributed by atoms with Gasteiger partial charge in [-0.05, 0) is 43.4 Å². The third kappa shape index (κ3) is 80.1. The molecule has 5 atom stereocenters. The van der Waals surface area contributed by atoms with Gasteiger partial charge in [0.1, 0.15) is 19.3 Å². The van der Waals surface area contributed by atoms with Crippen LogP contribution in [0, 0.1) is 17.8 Å². The van der Waals surface area contributed by atoms with Crippen LogP contribution in [0.3, 0.4) is 0 Å². The van der Waals surface area contributed by atoms with E-state index in [9.17, 15) is 43.2 Å². The standard InChI is InChI=1S/C87H170O17P2/c1-8-9-10-11-12-13-14-15-16-17-18-19-20-24-27-30-33-40-47-54-61-68-84(89)97-74-82(103-86(91)70-63-56-49-41-34-31-28-25-22-21-23-26-29-32-37-44-51-58-65-78(2)3)76-101-105(93,94)99-72-81(88)73-100-106(95,96)102-77-83(104-87(92)71-64-57-50-43-36-39-46-53-60-67-80(6)7)75-98-85(90)69-62-55-48-42-35-38-45-52-59-66-79(4)5/h78-83,88H,8-77H2,1-7H3,(H,93,94)(H,95,96)/t81-,82-,83-/m1/s1. The molecule has 2 unspecified atom stereocenters. The number of carbonyl (C=O) groups excluding carboxylic acids is 4. The van der Waals surface area contributed by atoms with E-state index in [4.69, 9.17) is 37.0 Å². The highest BCUT2D eigenvalue weighted by atomic mass is 31.2. The summed E-state index contributed by atoms with van der Waals surface area (Å²) >= 11 is 0. The maximum Gasteiger partial charge on any atom is 0.472 e. The number of aliphatic hydroxyl groups is 1. The zero-order valence-electron chi connectivity index (χ0n) is 69.9. The molecule has 106 heavy (non-hydrogen) atoms. The van der Waals surface area contributed by atoms with E-state index in [1.807, 2.05) is 0 Å². The Labute approximate surface area is 651 Å². The number of esters is 4. The Kier molecular flexibility index (Phi) is 75.6. The normalized spacial score (nSPS) is 13.9. The Hall–Kier alpha value is -1.94. The third-order valence-electron chi connectivity index (χ3n) is 20.4. The van der Waals surface area contributed by atoms with Crippen molar-refractivity contribution in [2.45, 2.75) is 478 Å². The molecule has 0 radical (unpaired) electrons. The highest BCUT2D eigenvalue weighted by Crippen LogP contribution is 2.45. The van der Waals surface area contributed by atoms with Crippen LogP contribution < -0.4 is 0 Å². The number of phosphoric ester groups is 2. The lowest BCUT2D eigenvalue weighted by Crippen LogP contribution is -2.30. The molecule has 0 heterocycles. The second-order valence-electron chi connectivity index (χ2n) is 32.7. The number of carbonyl (C=O) groups is 4. The van der Waals surface area contributed by atoms with Crippen LogP contribution in [-0.2, 0) is 65.4 Å².